The third-order valence-corrected chi connectivity index (χ3v) is 6.84. The molecule has 0 saturated heterocycles. The predicted molar refractivity (Wildman–Crippen MR) is 119 cm³/mol. The summed E-state index contributed by atoms with van der Waals surface area (Å²) >= 11 is 7.95. The summed E-state index contributed by atoms with van der Waals surface area (Å²) in [4.78, 5) is 28.9. The van der Waals surface area contributed by atoms with Crippen molar-refractivity contribution in [1.82, 2.24) is 14.9 Å². The number of nitrogens with one attached hydrogen (secondary N) is 1. The fraction of sp³-hybridized carbons (Fsp3) is 0.500. The summed E-state index contributed by atoms with van der Waals surface area (Å²) in [5, 5.41) is 13.9. The molecule has 1 heterocycles. The number of carbonyl (C=O) groups is 2. The first-order chi connectivity index (χ1) is 14.5. The van der Waals surface area contributed by atoms with E-state index in [1.165, 1.54) is 0 Å². The van der Waals surface area contributed by atoms with E-state index in [-0.39, 0.29) is 18.2 Å². The Hall–Kier alpha value is -1.99. The van der Waals surface area contributed by atoms with Gasteiger partial charge in [0.25, 0.3) is 0 Å². The number of nitrogens with zero attached hydrogens (tertiary/aromatic N) is 2. The Morgan fingerprint density at radius 1 is 1.33 bits per heavy atom. The van der Waals surface area contributed by atoms with E-state index >= 15 is 0 Å². The smallest absolute Gasteiger partial charge is 0.326 e. The van der Waals surface area contributed by atoms with Gasteiger partial charge in [-0.05, 0) is 30.9 Å². The van der Waals surface area contributed by atoms with Crippen LogP contribution >= 0.6 is 23.4 Å². The van der Waals surface area contributed by atoms with Crippen molar-refractivity contribution in [3.8, 4) is 0 Å². The maximum Gasteiger partial charge on any atom is 0.326 e. The van der Waals surface area contributed by atoms with E-state index in [4.69, 9.17) is 11.6 Å². The van der Waals surface area contributed by atoms with Crippen molar-refractivity contribution in [2.75, 3.05) is 5.75 Å². The molecule has 1 amide bonds. The van der Waals surface area contributed by atoms with E-state index < -0.39 is 12.0 Å². The second-order valence-electron chi connectivity index (χ2n) is 7.67. The van der Waals surface area contributed by atoms with Crippen LogP contribution in [-0.2, 0) is 22.6 Å². The lowest BCUT2D eigenvalue weighted by atomic mass is 10.1. The Balaban J connectivity index is 1.76. The maximum absolute atomic E-state index is 12.4. The first-order valence-electron chi connectivity index (χ1n) is 10.4. The lowest BCUT2D eigenvalue weighted by Gasteiger charge is -2.16. The quantitative estimate of drug-likeness (QED) is 0.525. The molecule has 0 spiro atoms. The summed E-state index contributed by atoms with van der Waals surface area (Å²) in [6.45, 7) is 2.67. The minimum absolute atomic E-state index is 0.0692. The molecule has 6 nitrogen and oxygen atoms in total. The predicted octanol–water partition coefficient (Wildman–Crippen LogP) is 4.39. The van der Waals surface area contributed by atoms with Crippen molar-refractivity contribution in [2.45, 2.75) is 63.2 Å². The molecule has 1 aliphatic rings. The summed E-state index contributed by atoms with van der Waals surface area (Å²) in [6.07, 6.45) is 6.77. The standard InChI is InChI=1S/C22H28ClN3O3S/c1-2-11-30-22-24-17(14-26(22)13-16-9-5-6-10-18(16)23)12-19(21(28)29)25-20(27)15-7-3-4-8-15/h5-6,9-10,14-15,19H,2-4,7-8,11-13H2,1H3,(H,25,27)(H,28,29). The molecule has 1 fully saturated rings. The van der Waals surface area contributed by atoms with E-state index in [0.717, 1.165) is 48.6 Å². The average molecular weight is 450 g/mol. The molecule has 1 saturated carbocycles. The van der Waals surface area contributed by atoms with E-state index in [2.05, 4.69) is 17.2 Å². The maximum atomic E-state index is 12.4. The van der Waals surface area contributed by atoms with Crippen LogP contribution in [0.25, 0.3) is 0 Å². The molecule has 2 aromatic rings. The highest BCUT2D eigenvalue weighted by Crippen LogP contribution is 2.26. The Morgan fingerprint density at radius 2 is 2.07 bits per heavy atom. The fourth-order valence-corrected chi connectivity index (χ4v) is 4.72. The van der Waals surface area contributed by atoms with Crippen molar-refractivity contribution in [3.05, 3.63) is 46.7 Å². The number of aromatic nitrogens is 2. The summed E-state index contributed by atoms with van der Waals surface area (Å²) in [6, 6.07) is 6.68. The molecule has 1 atom stereocenters. The Labute approximate surface area is 186 Å². The van der Waals surface area contributed by atoms with E-state index in [9.17, 15) is 14.7 Å². The molecule has 1 unspecified atom stereocenters. The van der Waals surface area contributed by atoms with Gasteiger partial charge >= 0.3 is 5.97 Å². The molecule has 0 bridgehead atoms. The van der Waals surface area contributed by atoms with E-state index in [1.54, 1.807) is 11.8 Å². The summed E-state index contributed by atoms with van der Waals surface area (Å²) in [7, 11) is 0. The number of carboxylic acid groups (broad SMARTS) is 1. The van der Waals surface area contributed by atoms with Crippen LogP contribution in [0.4, 0.5) is 0 Å². The van der Waals surface area contributed by atoms with Crippen LogP contribution in [0, 0.1) is 5.92 Å². The fourth-order valence-electron chi connectivity index (χ4n) is 3.67. The van der Waals surface area contributed by atoms with Gasteiger partial charge in [0, 0.05) is 29.3 Å². The molecular weight excluding hydrogens is 422 g/mol. The van der Waals surface area contributed by atoms with Crippen molar-refractivity contribution >= 4 is 35.2 Å². The monoisotopic (exact) mass is 449 g/mol. The second-order valence-corrected chi connectivity index (χ2v) is 9.14. The molecule has 30 heavy (non-hydrogen) atoms. The molecule has 162 valence electrons. The SMILES string of the molecule is CCCSc1nc(CC(NC(=O)C2CCCC2)C(=O)O)cn1Cc1ccccc1Cl. The third kappa shape index (κ3) is 6.01. The van der Waals surface area contributed by atoms with Gasteiger partial charge in [-0.15, -0.1) is 0 Å². The Morgan fingerprint density at radius 3 is 2.73 bits per heavy atom. The number of thioether (sulfide) groups is 1. The van der Waals surface area contributed by atoms with Gasteiger partial charge in [0.05, 0.1) is 12.2 Å². The largest absolute Gasteiger partial charge is 0.480 e. The van der Waals surface area contributed by atoms with Crippen LogP contribution in [0.1, 0.15) is 50.3 Å². The lowest BCUT2D eigenvalue weighted by Crippen LogP contribution is -2.44. The molecule has 8 heteroatoms. The Bertz CT molecular complexity index is 880. The van der Waals surface area contributed by atoms with Crippen LogP contribution in [-0.4, -0.2) is 38.3 Å². The highest BCUT2D eigenvalue weighted by molar-refractivity contribution is 7.99. The van der Waals surface area contributed by atoms with Crippen LogP contribution in [0.3, 0.4) is 0 Å². The van der Waals surface area contributed by atoms with Crippen molar-refractivity contribution in [1.29, 1.82) is 0 Å². The van der Waals surface area contributed by atoms with Crippen molar-refractivity contribution in [3.63, 3.8) is 0 Å². The van der Waals surface area contributed by atoms with Gasteiger partial charge in [0.1, 0.15) is 6.04 Å². The van der Waals surface area contributed by atoms with Gasteiger partial charge in [-0.3, -0.25) is 4.79 Å². The molecular formula is C22H28ClN3O3S. The zero-order valence-corrected chi connectivity index (χ0v) is 18.7. The minimum Gasteiger partial charge on any atom is -0.480 e. The van der Waals surface area contributed by atoms with Gasteiger partial charge in [0.15, 0.2) is 5.16 Å². The van der Waals surface area contributed by atoms with Gasteiger partial charge in [0.2, 0.25) is 5.91 Å². The van der Waals surface area contributed by atoms with Crippen molar-refractivity contribution < 1.29 is 14.7 Å². The number of imidazole rings is 1. The van der Waals surface area contributed by atoms with Crippen LogP contribution in [0.2, 0.25) is 5.02 Å². The van der Waals surface area contributed by atoms with Crippen LogP contribution in [0.5, 0.6) is 0 Å². The molecule has 1 aromatic carbocycles. The normalized spacial score (nSPS) is 15.3. The second kappa shape index (κ2) is 10.9. The zero-order valence-electron chi connectivity index (χ0n) is 17.1. The first-order valence-corrected chi connectivity index (χ1v) is 11.8. The molecule has 0 radical (unpaired) electrons. The molecule has 2 N–H and O–H groups in total. The van der Waals surface area contributed by atoms with Crippen LogP contribution < -0.4 is 5.32 Å². The summed E-state index contributed by atoms with van der Waals surface area (Å²) < 4.78 is 2.01. The number of halogens is 1. The number of benzene rings is 1. The number of hydrogen-bond donors (Lipinski definition) is 2. The number of carbonyl (C=O) groups excluding carboxylic acids is 1. The third-order valence-electron chi connectivity index (χ3n) is 5.28. The number of amides is 1. The molecule has 3 rings (SSSR count). The Kier molecular flexibility index (Phi) is 8.22. The van der Waals surface area contributed by atoms with Gasteiger partial charge in [-0.1, -0.05) is 61.3 Å². The molecule has 1 aliphatic carbocycles. The number of rotatable bonds is 10. The number of hydrogen-bond acceptors (Lipinski definition) is 4. The summed E-state index contributed by atoms with van der Waals surface area (Å²) in [5.74, 6) is -0.347. The van der Waals surface area contributed by atoms with E-state index in [0.29, 0.717) is 17.3 Å². The zero-order chi connectivity index (χ0) is 21.5. The van der Waals surface area contributed by atoms with Crippen molar-refractivity contribution in [2.24, 2.45) is 5.92 Å². The van der Waals surface area contributed by atoms with Crippen LogP contribution in [0.15, 0.2) is 35.6 Å². The van der Waals surface area contributed by atoms with E-state index in [1.807, 2.05) is 35.0 Å². The van der Waals surface area contributed by atoms with Gasteiger partial charge in [-0.25, -0.2) is 9.78 Å². The molecule has 1 aromatic heterocycles. The highest BCUT2D eigenvalue weighted by Gasteiger charge is 2.28. The first kappa shape index (κ1) is 22.7. The number of carboxylic acids is 1. The summed E-state index contributed by atoms with van der Waals surface area (Å²) in [5.41, 5.74) is 1.63. The number of aliphatic carboxylic acids is 1. The lowest BCUT2D eigenvalue weighted by molar-refractivity contribution is -0.142. The highest BCUT2D eigenvalue weighted by atomic mass is 35.5. The average Bonchev–Trinajstić information content (AvgIpc) is 3.38. The topological polar surface area (TPSA) is 84.2 Å². The minimum atomic E-state index is -1.04. The molecule has 0 aliphatic heterocycles. The van der Waals surface area contributed by atoms with Gasteiger partial charge in [-0.2, -0.15) is 0 Å². The van der Waals surface area contributed by atoms with Gasteiger partial charge < -0.3 is 15.0 Å².